The highest BCUT2D eigenvalue weighted by Crippen LogP contribution is 2.51. The third-order valence-corrected chi connectivity index (χ3v) is 5.33. The smallest absolute Gasteiger partial charge is 0.0543 e. The maximum Gasteiger partial charge on any atom is 0.0543 e. The van der Waals surface area contributed by atoms with Gasteiger partial charge in [-0.15, -0.1) is 0 Å². The Labute approximate surface area is 106 Å². The van der Waals surface area contributed by atoms with Crippen LogP contribution < -0.4 is 0 Å². The van der Waals surface area contributed by atoms with Gasteiger partial charge in [0.25, 0.3) is 0 Å². The van der Waals surface area contributed by atoms with Gasteiger partial charge in [-0.05, 0) is 48.3 Å². The van der Waals surface area contributed by atoms with Crippen LogP contribution in [0.25, 0.3) is 0 Å². The molecule has 1 saturated carbocycles. The molecular weight excluding hydrogens is 212 g/mol. The molecule has 1 saturated heterocycles. The largest absolute Gasteiger partial charge is 0.393 e. The second kappa shape index (κ2) is 4.55. The molecule has 1 N–H and O–H groups in total. The van der Waals surface area contributed by atoms with E-state index in [1.54, 1.807) is 0 Å². The lowest BCUT2D eigenvalue weighted by Gasteiger charge is -2.51. The van der Waals surface area contributed by atoms with Gasteiger partial charge in [-0.2, -0.15) is 0 Å². The second-order valence-electron chi connectivity index (χ2n) is 7.44. The van der Waals surface area contributed by atoms with Crippen molar-refractivity contribution in [3.63, 3.8) is 0 Å². The SMILES string of the molecule is CC1(C)CCOCC1C1CC(O)CCC1(C)C. The van der Waals surface area contributed by atoms with Crippen molar-refractivity contribution in [1.29, 1.82) is 0 Å². The van der Waals surface area contributed by atoms with Crippen LogP contribution in [-0.4, -0.2) is 24.4 Å². The summed E-state index contributed by atoms with van der Waals surface area (Å²) in [5, 5.41) is 9.97. The maximum atomic E-state index is 9.97. The monoisotopic (exact) mass is 240 g/mol. The van der Waals surface area contributed by atoms with Gasteiger partial charge in [0.05, 0.1) is 12.7 Å². The summed E-state index contributed by atoms with van der Waals surface area (Å²) in [5.41, 5.74) is 0.707. The topological polar surface area (TPSA) is 29.5 Å². The Balaban J connectivity index is 2.18. The lowest BCUT2D eigenvalue weighted by Crippen LogP contribution is -2.47. The fraction of sp³-hybridized carbons (Fsp3) is 1.00. The van der Waals surface area contributed by atoms with Gasteiger partial charge in [0.1, 0.15) is 0 Å². The third kappa shape index (κ3) is 2.68. The average Bonchev–Trinajstić information content (AvgIpc) is 2.22. The summed E-state index contributed by atoms with van der Waals surface area (Å²) in [6.45, 7) is 11.3. The Morgan fingerprint density at radius 3 is 2.29 bits per heavy atom. The first-order valence-corrected chi connectivity index (χ1v) is 7.09. The number of rotatable bonds is 1. The van der Waals surface area contributed by atoms with Crippen molar-refractivity contribution in [2.75, 3.05) is 13.2 Å². The van der Waals surface area contributed by atoms with Crippen LogP contribution in [0.1, 0.15) is 53.4 Å². The first kappa shape index (κ1) is 13.4. The Bertz CT molecular complexity index is 270. The molecule has 0 amide bonds. The van der Waals surface area contributed by atoms with Crippen molar-refractivity contribution in [3.8, 4) is 0 Å². The molecule has 3 atom stereocenters. The van der Waals surface area contributed by atoms with Crippen LogP contribution in [0.3, 0.4) is 0 Å². The highest BCUT2D eigenvalue weighted by molar-refractivity contribution is 4.95. The predicted octanol–water partition coefficient (Wildman–Crippen LogP) is 3.24. The molecule has 2 rings (SSSR count). The standard InChI is InChI=1S/C15H28O2/c1-14(2)6-5-11(16)9-12(14)13-10-17-8-7-15(13,3)4/h11-13,16H,5-10H2,1-4H3. The van der Waals surface area contributed by atoms with E-state index >= 15 is 0 Å². The summed E-state index contributed by atoms with van der Waals surface area (Å²) in [5.74, 6) is 1.20. The zero-order chi connectivity index (χ0) is 12.7. The molecule has 3 unspecified atom stereocenters. The van der Waals surface area contributed by atoms with Gasteiger partial charge in [-0.3, -0.25) is 0 Å². The van der Waals surface area contributed by atoms with Crippen molar-refractivity contribution in [1.82, 2.24) is 0 Å². The molecule has 1 aliphatic heterocycles. The first-order valence-electron chi connectivity index (χ1n) is 7.09. The van der Waals surface area contributed by atoms with Gasteiger partial charge in [0, 0.05) is 6.61 Å². The molecule has 0 radical (unpaired) electrons. The van der Waals surface area contributed by atoms with Crippen LogP contribution in [0.4, 0.5) is 0 Å². The Morgan fingerprint density at radius 2 is 1.65 bits per heavy atom. The zero-order valence-electron chi connectivity index (χ0n) is 11.8. The number of aliphatic hydroxyl groups excluding tert-OH is 1. The molecule has 100 valence electrons. The lowest BCUT2D eigenvalue weighted by molar-refractivity contribution is -0.102. The van der Waals surface area contributed by atoms with Gasteiger partial charge >= 0.3 is 0 Å². The Kier molecular flexibility index (Phi) is 3.57. The Morgan fingerprint density at radius 1 is 1.00 bits per heavy atom. The minimum absolute atomic E-state index is 0.0919. The molecule has 2 fully saturated rings. The van der Waals surface area contributed by atoms with E-state index < -0.39 is 0 Å². The first-order chi connectivity index (χ1) is 7.83. The maximum absolute atomic E-state index is 9.97. The summed E-state index contributed by atoms with van der Waals surface area (Å²) >= 11 is 0. The van der Waals surface area contributed by atoms with Crippen LogP contribution in [0, 0.1) is 22.7 Å². The van der Waals surface area contributed by atoms with Crippen LogP contribution in [-0.2, 0) is 4.74 Å². The molecule has 0 spiro atoms. The lowest BCUT2D eigenvalue weighted by atomic mass is 9.57. The van der Waals surface area contributed by atoms with Crippen LogP contribution >= 0.6 is 0 Å². The number of aliphatic hydroxyl groups is 1. The molecule has 0 aromatic rings. The van der Waals surface area contributed by atoms with Crippen molar-refractivity contribution < 1.29 is 9.84 Å². The molecule has 1 heterocycles. The van der Waals surface area contributed by atoms with E-state index in [9.17, 15) is 5.11 Å². The minimum Gasteiger partial charge on any atom is -0.393 e. The summed E-state index contributed by atoms with van der Waals surface area (Å²) in [6, 6.07) is 0. The normalized spacial score (nSPS) is 41.1. The molecule has 0 bridgehead atoms. The van der Waals surface area contributed by atoms with Crippen molar-refractivity contribution in [2.45, 2.75) is 59.5 Å². The third-order valence-electron chi connectivity index (χ3n) is 5.33. The molecule has 2 nitrogen and oxygen atoms in total. The summed E-state index contributed by atoms with van der Waals surface area (Å²) < 4.78 is 5.72. The quantitative estimate of drug-likeness (QED) is 0.762. The van der Waals surface area contributed by atoms with E-state index in [0.717, 1.165) is 38.9 Å². The number of hydrogen-bond donors (Lipinski definition) is 1. The summed E-state index contributed by atoms with van der Waals surface area (Å²) in [7, 11) is 0. The highest BCUT2D eigenvalue weighted by Gasteiger charge is 2.46. The van der Waals surface area contributed by atoms with Crippen LogP contribution in [0.2, 0.25) is 0 Å². The van der Waals surface area contributed by atoms with Crippen molar-refractivity contribution in [2.24, 2.45) is 22.7 Å². The molecule has 0 aromatic carbocycles. The zero-order valence-corrected chi connectivity index (χ0v) is 11.8. The van der Waals surface area contributed by atoms with Gasteiger partial charge in [-0.1, -0.05) is 27.7 Å². The molecule has 1 aliphatic carbocycles. The van der Waals surface area contributed by atoms with Gasteiger partial charge in [0.2, 0.25) is 0 Å². The fourth-order valence-corrected chi connectivity index (χ4v) is 3.78. The molecule has 17 heavy (non-hydrogen) atoms. The minimum atomic E-state index is -0.0919. The van der Waals surface area contributed by atoms with E-state index in [0.29, 0.717) is 22.7 Å². The second-order valence-corrected chi connectivity index (χ2v) is 7.44. The molecule has 0 aromatic heterocycles. The highest BCUT2D eigenvalue weighted by atomic mass is 16.5. The van der Waals surface area contributed by atoms with Gasteiger partial charge in [0.15, 0.2) is 0 Å². The summed E-state index contributed by atoms with van der Waals surface area (Å²) in [6.07, 6.45) is 4.14. The number of hydrogen-bond acceptors (Lipinski definition) is 2. The van der Waals surface area contributed by atoms with Crippen molar-refractivity contribution in [3.05, 3.63) is 0 Å². The van der Waals surface area contributed by atoms with E-state index in [1.165, 1.54) is 0 Å². The number of ether oxygens (including phenoxy) is 1. The van der Waals surface area contributed by atoms with E-state index in [1.807, 2.05) is 0 Å². The Hall–Kier alpha value is -0.0800. The van der Waals surface area contributed by atoms with E-state index in [2.05, 4.69) is 27.7 Å². The van der Waals surface area contributed by atoms with Gasteiger partial charge in [-0.25, -0.2) is 0 Å². The predicted molar refractivity (Wildman–Crippen MR) is 69.8 cm³/mol. The summed E-state index contributed by atoms with van der Waals surface area (Å²) in [4.78, 5) is 0. The van der Waals surface area contributed by atoms with Crippen LogP contribution in [0.5, 0.6) is 0 Å². The van der Waals surface area contributed by atoms with Crippen molar-refractivity contribution >= 4 is 0 Å². The molecule has 2 aliphatic rings. The van der Waals surface area contributed by atoms with E-state index in [4.69, 9.17) is 4.74 Å². The average molecular weight is 240 g/mol. The fourth-order valence-electron chi connectivity index (χ4n) is 3.78. The van der Waals surface area contributed by atoms with Gasteiger partial charge < -0.3 is 9.84 Å². The molecular formula is C15H28O2. The molecule has 2 heteroatoms. The van der Waals surface area contributed by atoms with Crippen LogP contribution in [0.15, 0.2) is 0 Å². The van der Waals surface area contributed by atoms with E-state index in [-0.39, 0.29) is 6.10 Å².